The van der Waals surface area contributed by atoms with Crippen LogP contribution in [0.15, 0.2) is 255 Å². The van der Waals surface area contributed by atoms with Crippen LogP contribution in [0, 0.1) is 0 Å². The van der Waals surface area contributed by atoms with E-state index >= 15 is 0 Å². The van der Waals surface area contributed by atoms with Gasteiger partial charge in [0.05, 0.1) is 33.8 Å². The van der Waals surface area contributed by atoms with Crippen molar-refractivity contribution in [1.82, 2.24) is 4.57 Å². The van der Waals surface area contributed by atoms with Crippen LogP contribution in [-0.4, -0.2) is 4.57 Å². The molecule has 11 rings (SSSR count). The van der Waals surface area contributed by atoms with Crippen LogP contribution in [0.5, 0.6) is 0 Å². The number of hydrogen-bond acceptors (Lipinski definition) is 1. The summed E-state index contributed by atoms with van der Waals surface area (Å²) in [5.41, 5.74) is 18.5. The molecule has 0 fully saturated rings. The lowest BCUT2D eigenvalue weighted by Gasteiger charge is -2.31. The molecule has 0 unspecified atom stereocenters. The standard InChI is InChI=1S/C60H42N2/c1-5-23-43(24-6-1)47-31-13-14-33-50(47)51-34-16-19-38-54(51)61(53-37-18-15-32-48(53)44-25-7-2-8-26-44)57-41-22-42-58-60(57)52-35-17-20-39-55(52)62(58)56-40-21-36-49(45-27-9-3-10-28-45)59(56)46-29-11-4-12-30-46/h1-42H. The number of aromatic nitrogens is 1. The van der Waals surface area contributed by atoms with Crippen molar-refractivity contribution in [2.24, 2.45) is 0 Å². The summed E-state index contributed by atoms with van der Waals surface area (Å²) in [5, 5.41) is 2.37. The molecule has 0 aliphatic rings. The third-order valence-corrected chi connectivity index (χ3v) is 12.0. The summed E-state index contributed by atoms with van der Waals surface area (Å²) in [7, 11) is 0. The van der Waals surface area contributed by atoms with Gasteiger partial charge < -0.3 is 9.47 Å². The molecule has 0 N–H and O–H groups in total. The molecule has 1 heterocycles. The highest BCUT2D eigenvalue weighted by Crippen LogP contribution is 2.50. The maximum atomic E-state index is 2.51. The summed E-state index contributed by atoms with van der Waals surface area (Å²) in [4.78, 5) is 2.51. The predicted octanol–water partition coefficient (Wildman–Crippen LogP) is 16.6. The first-order valence-electron chi connectivity index (χ1n) is 21.3. The summed E-state index contributed by atoms with van der Waals surface area (Å²) in [6.45, 7) is 0. The Morgan fingerprint density at radius 2 is 0.677 bits per heavy atom. The van der Waals surface area contributed by atoms with Crippen molar-refractivity contribution >= 4 is 38.9 Å². The second-order valence-corrected chi connectivity index (χ2v) is 15.6. The molecule has 10 aromatic carbocycles. The number of rotatable bonds is 9. The average Bonchev–Trinajstić information content (AvgIpc) is 3.70. The minimum atomic E-state index is 1.10. The van der Waals surface area contributed by atoms with Gasteiger partial charge in [0.25, 0.3) is 0 Å². The molecule has 0 aliphatic heterocycles. The molecule has 0 bridgehead atoms. The van der Waals surface area contributed by atoms with E-state index < -0.39 is 0 Å². The van der Waals surface area contributed by atoms with E-state index in [1.54, 1.807) is 0 Å². The van der Waals surface area contributed by atoms with Crippen LogP contribution >= 0.6 is 0 Å². The van der Waals surface area contributed by atoms with Crippen molar-refractivity contribution in [2.45, 2.75) is 0 Å². The fraction of sp³-hybridized carbons (Fsp3) is 0. The van der Waals surface area contributed by atoms with Crippen LogP contribution in [0.3, 0.4) is 0 Å². The molecular formula is C60H42N2. The molecule has 0 saturated heterocycles. The number of fused-ring (bicyclic) bond motifs is 3. The summed E-state index contributed by atoms with van der Waals surface area (Å²) in [6.07, 6.45) is 0. The van der Waals surface area contributed by atoms with Gasteiger partial charge in [-0.3, -0.25) is 0 Å². The zero-order valence-electron chi connectivity index (χ0n) is 34.1. The predicted molar refractivity (Wildman–Crippen MR) is 263 cm³/mol. The largest absolute Gasteiger partial charge is 0.309 e. The van der Waals surface area contributed by atoms with E-state index in [1.807, 2.05) is 0 Å². The van der Waals surface area contributed by atoms with Crippen molar-refractivity contribution in [1.29, 1.82) is 0 Å². The Morgan fingerprint density at radius 1 is 0.258 bits per heavy atom. The summed E-state index contributed by atoms with van der Waals surface area (Å²) in [5.74, 6) is 0. The van der Waals surface area contributed by atoms with Gasteiger partial charge in [0.1, 0.15) is 0 Å². The normalized spacial score (nSPS) is 11.2. The van der Waals surface area contributed by atoms with Gasteiger partial charge in [-0.2, -0.15) is 0 Å². The van der Waals surface area contributed by atoms with Crippen molar-refractivity contribution < 1.29 is 0 Å². The van der Waals surface area contributed by atoms with Gasteiger partial charge in [-0.15, -0.1) is 0 Å². The summed E-state index contributed by atoms with van der Waals surface area (Å²) >= 11 is 0. The molecule has 1 aromatic heterocycles. The van der Waals surface area contributed by atoms with Crippen LogP contribution in [-0.2, 0) is 0 Å². The maximum absolute atomic E-state index is 2.51. The lowest BCUT2D eigenvalue weighted by Crippen LogP contribution is -2.13. The van der Waals surface area contributed by atoms with Crippen LogP contribution in [0.1, 0.15) is 0 Å². The van der Waals surface area contributed by atoms with Gasteiger partial charge in [0.15, 0.2) is 0 Å². The fourth-order valence-corrected chi connectivity index (χ4v) is 9.34. The molecule has 0 spiro atoms. The molecule has 2 nitrogen and oxygen atoms in total. The SMILES string of the molecule is c1ccc(-c2ccccc2-c2ccccc2N(c2ccccc2-c2ccccc2)c2cccc3c2c2ccccc2n3-c2cccc(-c3ccccc3)c2-c2ccccc2)cc1. The van der Waals surface area contributed by atoms with E-state index in [4.69, 9.17) is 0 Å². The van der Waals surface area contributed by atoms with Gasteiger partial charge in [0, 0.05) is 27.5 Å². The van der Waals surface area contributed by atoms with E-state index in [0.29, 0.717) is 0 Å². The van der Waals surface area contributed by atoms with Gasteiger partial charge >= 0.3 is 0 Å². The first kappa shape index (κ1) is 36.8. The van der Waals surface area contributed by atoms with Crippen LogP contribution < -0.4 is 4.90 Å². The van der Waals surface area contributed by atoms with Gasteiger partial charge in [-0.1, -0.05) is 218 Å². The van der Waals surface area contributed by atoms with Crippen molar-refractivity contribution in [3.8, 4) is 61.3 Å². The van der Waals surface area contributed by atoms with E-state index in [9.17, 15) is 0 Å². The lowest BCUT2D eigenvalue weighted by atomic mass is 9.92. The first-order chi connectivity index (χ1) is 30.8. The number of benzene rings is 10. The van der Waals surface area contributed by atoms with E-state index in [-0.39, 0.29) is 0 Å². The van der Waals surface area contributed by atoms with Crippen LogP contribution in [0.4, 0.5) is 17.1 Å². The molecule has 292 valence electrons. The summed E-state index contributed by atoms with van der Waals surface area (Å²) in [6, 6.07) is 92.1. The van der Waals surface area contributed by atoms with Crippen molar-refractivity contribution in [2.75, 3.05) is 4.90 Å². The third-order valence-electron chi connectivity index (χ3n) is 12.0. The van der Waals surface area contributed by atoms with Gasteiger partial charge in [0.2, 0.25) is 0 Å². The fourth-order valence-electron chi connectivity index (χ4n) is 9.34. The Labute approximate surface area is 362 Å². The zero-order valence-corrected chi connectivity index (χ0v) is 34.1. The van der Waals surface area contributed by atoms with E-state index in [2.05, 4.69) is 264 Å². The maximum Gasteiger partial charge on any atom is 0.0562 e. The summed E-state index contributed by atoms with van der Waals surface area (Å²) < 4.78 is 2.49. The highest BCUT2D eigenvalue weighted by molar-refractivity contribution is 6.18. The Morgan fingerprint density at radius 3 is 1.34 bits per heavy atom. The van der Waals surface area contributed by atoms with Crippen LogP contribution in [0.2, 0.25) is 0 Å². The third kappa shape index (κ3) is 6.46. The molecule has 0 amide bonds. The average molecular weight is 791 g/mol. The quantitative estimate of drug-likeness (QED) is 0.141. The second-order valence-electron chi connectivity index (χ2n) is 15.6. The Bertz CT molecular complexity index is 3330. The van der Waals surface area contributed by atoms with Crippen molar-refractivity contribution in [3.05, 3.63) is 255 Å². The molecule has 0 saturated carbocycles. The number of hydrogen-bond donors (Lipinski definition) is 0. The topological polar surface area (TPSA) is 8.17 Å². The number of anilines is 3. The monoisotopic (exact) mass is 790 g/mol. The van der Waals surface area contributed by atoms with Crippen LogP contribution in [0.25, 0.3) is 83.1 Å². The molecule has 11 aromatic rings. The Balaban J connectivity index is 1.24. The minimum absolute atomic E-state index is 1.10. The van der Waals surface area contributed by atoms with Gasteiger partial charge in [-0.25, -0.2) is 0 Å². The van der Waals surface area contributed by atoms with Crippen molar-refractivity contribution in [3.63, 3.8) is 0 Å². The Kier molecular flexibility index (Phi) is 9.57. The van der Waals surface area contributed by atoms with E-state index in [0.717, 1.165) is 50.5 Å². The van der Waals surface area contributed by atoms with Gasteiger partial charge in [-0.05, 0) is 75.3 Å². The Hall–Kier alpha value is -8.20. The zero-order chi connectivity index (χ0) is 41.2. The molecular weight excluding hydrogens is 749 g/mol. The molecule has 0 radical (unpaired) electrons. The minimum Gasteiger partial charge on any atom is -0.309 e. The number of para-hydroxylation sites is 3. The molecule has 0 atom stereocenters. The smallest absolute Gasteiger partial charge is 0.0562 e. The highest BCUT2D eigenvalue weighted by Gasteiger charge is 2.26. The number of nitrogens with zero attached hydrogens (tertiary/aromatic N) is 2. The second kappa shape index (κ2) is 16.1. The molecule has 0 aliphatic carbocycles. The lowest BCUT2D eigenvalue weighted by molar-refractivity contribution is 1.18. The highest BCUT2D eigenvalue weighted by atomic mass is 15.2. The van der Waals surface area contributed by atoms with E-state index in [1.165, 1.54) is 49.7 Å². The molecule has 2 heteroatoms. The first-order valence-corrected chi connectivity index (χ1v) is 21.3. The molecule has 62 heavy (non-hydrogen) atoms.